The third-order valence-electron chi connectivity index (χ3n) is 5.04. The van der Waals surface area contributed by atoms with E-state index in [2.05, 4.69) is 10.5 Å². The van der Waals surface area contributed by atoms with Gasteiger partial charge in [0, 0.05) is 12.8 Å². The first-order chi connectivity index (χ1) is 13.9. The number of rotatable bonds is 8. The molecular weight excluding hydrogens is 367 g/mol. The zero-order chi connectivity index (χ0) is 20.9. The van der Waals surface area contributed by atoms with Crippen molar-refractivity contribution in [1.29, 1.82) is 0 Å². The van der Waals surface area contributed by atoms with E-state index in [4.69, 9.17) is 4.84 Å². The first-order valence-electron chi connectivity index (χ1n) is 9.91. The first-order valence-corrected chi connectivity index (χ1v) is 9.91. The average Bonchev–Trinajstić information content (AvgIpc) is 3.14. The summed E-state index contributed by atoms with van der Waals surface area (Å²) in [5.74, 6) is -0.984. The number of hydrogen-bond acceptors (Lipinski definition) is 5. The second kappa shape index (κ2) is 9.24. The van der Waals surface area contributed by atoms with E-state index in [1.807, 2.05) is 74.5 Å². The number of benzene rings is 2. The zero-order valence-corrected chi connectivity index (χ0v) is 16.8. The molecule has 0 aliphatic carbocycles. The molecule has 7 heteroatoms. The summed E-state index contributed by atoms with van der Waals surface area (Å²) < 4.78 is 0. The molecule has 1 aliphatic heterocycles. The maximum Gasteiger partial charge on any atom is 0.475 e. The molecule has 29 heavy (non-hydrogen) atoms. The standard InChI is InChI=1S/C22H27BN2O4/c1-16(2)13-20(23(27)28)24-21(26)22(14-17-9-5-3-6-10-17)15-19(25-29-22)18-11-7-4-8-12-18/h3-12,16,20,27-28H,13-15H2,1-2H3,(H,24,26)/t20-,22-/m0/s1. The van der Waals surface area contributed by atoms with Crippen LogP contribution in [0.25, 0.3) is 0 Å². The smallest absolute Gasteiger partial charge is 0.426 e. The molecule has 2 aromatic carbocycles. The molecule has 2 atom stereocenters. The van der Waals surface area contributed by atoms with Crippen molar-refractivity contribution in [3.8, 4) is 0 Å². The molecule has 6 nitrogen and oxygen atoms in total. The second-order valence-electron chi connectivity index (χ2n) is 7.95. The minimum absolute atomic E-state index is 0.188. The quantitative estimate of drug-likeness (QED) is 0.600. The topological polar surface area (TPSA) is 91.2 Å². The summed E-state index contributed by atoms with van der Waals surface area (Å²) in [5.41, 5.74) is 1.30. The molecule has 152 valence electrons. The van der Waals surface area contributed by atoms with Crippen molar-refractivity contribution in [2.75, 3.05) is 0 Å². The Morgan fingerprint density at radius 3 is 2.34 bits per heavy atom. The molecule has 1 aliphatic rings. The van der Waals surface area contributed by atoms with Crippen LogP contribution in [-0.4, -0.2) is 40.3 Å². The summed E-state index contributed by atoms with van der Waals surface area (Å²) in [6, 6.07) is 19.2. The maximum atomic E-state index is 13.3. The molecule has 1 heterocycles. The number of carbonyl (C=O) groups excluding carboxylic acids is 1. The Labute approximate surface area is 171 Å². The van der Waals surface area contributed by atoms with Gasteiger partial charge in [-0.15, -0.1) is 0 Å². The Morgan fingerprint density at radius 2 is 1.76 bits per heavy atom. The molecule has 0 aromatic heterocycles. The van der Waals surface area contributed by atoms with Gasteiger partial charge in [-0.25, -0.2) is 0 Å². The van der Waals surface area contributed by atoms with E-state index in [0.29, 0.717) is 25.0 Å². The van der Waals surface area contributed by atoms with Crippen LogP contribution in [0.4, 0.5) is 0 Å². The monoisotopic (exact) mass is 394 g/mol. The fraction of sp³-hybridized carbons (Fsp3) is 0.364. The van der Waals surface area contributed by atoms with Crippen molar-refractivity contribution < 1.29 is 19.7 Å². The van der Waals surface area contributed by atoms with Gasteiger partial charge in [0.15, 0.2) is 0 Å². The van der Waals surface area contributed by atoms with Crippen molar-refractivity contribution in [2.24, 2.45) is 11.1 Å². The highest BCUT2D eigenvalue weighted by Gasteiger charge is 2.48. The number of carbonyl (C=O) groups is 1. The summed E-state index contributed by atoms with van der Waals surface area (Å²) in [4.78, 5) is 19.1. The van der Waals surface area contributed by atoms with Crippen LogP contribution in [0.5, 0.6) is 0 Å². The van der Waals surface area contributed by atoms with E-state index < -0.39 is 24.6 Å². The molecule has 0 bridgehead atoms. The minimum atomic E-state index is -1.65. The van der Waals surface area contributed by atoms with E-state index in [1.165, 1.54) is 0 Å². The third kappa shape index (κ3) is 5.25. The Balaban J connectivity index is 1.85. The third-order valence-corrected chi connectivity index (χ3v) is 5.04. The molecule has 3 N–H and O–H groups in total. The number of nitrogens with one attached hydrogen (secondary N) is 1. The fourth-order valence-electron chi connectivity index (χ4n) is 3.55. The van der Waals surface area contributed by atoms with Crippen molar-refractivity contribution in [3.05, 3.63) is 71.8 Å². The molecule has 0 fully saturated rings. The van der Waals surface area contributed by atoms with Gasteiger partial charge >= 0.3 is 7.12 Å². The van der Waals surface area contributed by atoms with Crippen molar-refractivity contribution >= 4 is 18.7 Å². The summed E-state index contributed by atoms with van der Waals surface area (Å²) in [5, 5.41) is 26.5. The average molecular weight is 394 g/mol. The molecule has 0 unspecified atom stereocenters. The van der Waals surface area contributed by atoms with Crippen LogP contribution >= 0.6 is 0 Å². The highest BCUT2D eigenvalue weighted by molar-refractivity contribution is 6.43. The van der Waals surface area contributed by atoms with Gasteiger partial charge in [-0.2, -0.15) is 0 Å². The van der Waals surface area contributed by atoms with Crippen LogP contribution in [0, 0.1) is 5.92 Å². The SMILES string of the molecule is CC(C)C[C@H](NC(=O)[C@]1(Cc2ccccc2)CC(c2ccccc2)=NO1)B(O)O. The zero-order valence-electron chi connectivity index (χ0n) is 16.8. The van der Waals surface area contributed by atoms with Gasteiger partial charge in [-0.1, -0.05) is 79.7 Å². The van der Waals surface area contributed by atoms with Crippen LogP contribution < -0.4 is 5.32 Å². The van der Waals surface area contributed by atoms with Gasteiger partial charge in [0.2, 0.25) is 5.60 Å². The largest absolute Gasteiger partial charge is 0.475 e. The Hall–Kier alpha value is -2.64. The lowest BCUT2D eigenvalue weighted by Gasteiger charge is -2.29. The van der Waals surface area contributed by atoms with Crippen LogP contribution in [0.2, 0.25) is 0 Å². The van der Waals surface area contributed by atoms with Gasteiger partial charge in [-0.3, -0.25) is 4.79 Å². The molecule has 0 saturated carbocycles. The van der Waals surface area contributed by atoms with Crippen molar-refractivity contribution in [3.63, 3.8) is 0 Å². The van der Waals surface area contributed by atoms with E-state index in [-0.39, 0.29) is 5.92 Å². The van der Waals surface area contributed by atoms with Gasteiger partial charge in [0.1, 0.15) is 0 Å². The molecule has 1 amide bonds. The Bertz CT molecular complexity index is 842. The van der Waals surface area contributed by atoms with E-state index in [1.54, 1.807) is 0 Å². The number of oxime groups is 1. The summed E-state index contributed by atoms with van der Waals surface area (Å²) >= 11 is 0. The Kier molecular flexibility index (Phi) is 6.72. The highest BCUT2D eigenvalue weighted by Crippen LogP contribution is 2.31. The van der Waals surface area contributed by atoms with Gasteiger partial charge in [0.05, 0.1) is 11.7 Å². The van der Waals surface area contributed by atoms with Gasteiger partial charge in [0.25, 0.3) is 5.91 Å². The van der Waals surface area contributed by atoms with Crippen LogP contribution in [0.15, 0.2) is 65.8 Å². The van der Waals surface area contributed by atoms with Gasteiger partial charge < -0.3 is 20.2 Å². The number of amides is 1. The lowest BCUT2D eigenvalue weighted by molar-refractivity contribution is -0.144. The molecule has 0 saturated heterocycles. The summed E-state index contributed by atoms with van der Waals surface area (Å²) in [7, 11) is -1.65. The number of nitrogens with zero attached hydrogens (tertiary/aromatic N) is 1. The fourth-order valence-corrected chi connectivity index (χ4v) is 3.55. The van der Waals surface area contributed by atoms with E-state index in [0.717, 1.165) is 11.1 Å². The predicted octanol–water partition coefficient (Wildman–Crippen LogP) is 2.34. The molecule has 0 radical (unpaired) electrons. The van der Waals surface area contributed by atoms with Crippen LogP contribution in [0.1, 0.15) is 37.8 Å². The van der Waals surface area contributed by atoms with Crippen molar-refractivity contribution in [1.82, 2.24) is 5.32 Å². The Morgan fingerprint density at radius 1 is 1.14 bits per heavy atom. The lowest BCUT2D eigenvalue weighted by Crippen LogP contribution is -2.56. The molecule has 2 aromatic rings. The predicted molar refractivity (Wildman–Crippen MR) is 113 cm³/mol. The van der Waals surface area contributed by atoms with E-state index >= 15 is 0 Å². The summed E-state index contributed by atoms with van der Waals surface area (Å²) in [6.45, 7) is 3.92. The lowest BCUT2D eigenvalue weighted by atomic mass is 9.74. The molecule has 3 rings (SSSR count). The first kappa shape index (κ1) is 21.1. The number of hydrogen-bond donors (Lipinski definition) is 3. The molecule has 0 spiro atoms. The normalized spacial score (nSPS) is 19.4. The minimum Gasteiger partial charge on any atom is -0.426 e. The molecular formula is C22H27BN2O4. The summed E-state index contributed by atoms with van der Waals surface area (Å²) in [6.07, 6.45) is 1.07. The van der Waals surface area contributed by atoms with Crippen LogP contribution in [-0.2, 0) is 16.1 Å². The maximum absolute atomic E-state index is 13.3. The highest BCUT2D eigenvalue weighted by atomic mass is 16.7. The van der Waals surface area contributed by atoms with E-state index in [9.17, 15) is 14.8 Å². The van der Waals surface area contributed by atoms with Gasteiger partial charge in [-0.05, 0) is 23.5 Å². The van der Waals surface area contributed by atoms with Crippen molar-refractivity contribution in [2.45, 2.75) is 44.7 Å². The van der Waals surface area contributed by atoms with Crippen LogP contribution in [0.3, 0.4) is 0 Å². The second-order valence-corrected chi connectivity index (χ2v) is 7.95.